The Labute approximate surface area is 247 Å². The quantitative estimate of drug-likeness (QED) is 0.201. The van der Waals surface area contributed by atoms with E-state index in [0.29, 0.717) is 36.7 Å². The van der Waals surface area contributed by atoms with Gasteiger partial charge in [0.1, 0.15) is 30.8 Å². The topological polar surface area (TPSA) is 85.3 Å². The van der Waals surface area contributed by atoms with E-state index in [9.17, 15) is 14.7 Å². The van der Waals surface area contributed by atoms with E-state index < -0.39 is 29.0 Å². The summed E-state index contributed by atoms with van der Waals surface area (Å²) in [5.41, 5.74) is 3.38. The minimum Gasteiger partial charge on any atom is -0.485 e. The van der Waals surface area contributed by atoms with E-state index in [1.807, 2.05) is 91.0 Å². The van der Waals surface area contributed by atoms with Gasteiger partial charge in [-0.25, -0.2) is 9.69 Å². The molecule has 1 heterocycles. The summed E-state index contributed by atoms with van der Waals surface area (Å²) in [6.45, 7) is 0.726. The number of alkyl halides is 1. The van der Waals surface area contributed by atoms with Gasteiger partial charge in [-0.15, -0.1) is 0 Å². The highest BCUT2D eigenvalue weighted by atomic mass is 79.9. The zero-order valence-corrected chi connectivity index (χ0v) is 23.9. The molecular weight excluding hydrogens is 586 g/mol. The number of carbonyl (C=O) groups excluding carboxylic acids is 2. The molecule has 1 saturated heterocycles. The van der Waals surface area contributed by atoms with Gasteiger partial charge in [0.05, 0.1) is 6.04 Å². The predicted molar refractivity (Wildman–Crippen MR) is 158 cm³/mol. The highest BCUT2D eigenvalue weighted by Gasteiger charge is 2.42. The third-order valence-electron chi connectivity index (χ3n) is 6.81. The van der Waals surface area contributed by atoms with Gasteiger partial charge in [0, 0.05) is 0 Å². The standard InChI is InChI=1S/C33H30BrNO6/c34-30(32(37)35-27(22-41-33(35)38)18-23-10-4-1-5-11-23)31(36)26-16-17-28(39-20-24-12-6-2-7-13-24)29(19-26)40-21-25-14-8-3-9-15-25/h1-17,19,27,30-31,36H,18,20-22H2/t27-,30-,31-/m0/s1. The van der Waals surface area contributed by atoms with E-state index in [0.717, 1.165) is 21.6 Å². The maximum atomic E-state index is 13.5. The maximum Gasteiger partial charge on any atom is 0.417 e. The SMILES string of the molecule is O=C1OC[C@H](Cc2ccccc2)N1C(=O)[C@@H](Br)[C@@H](O)c1ccc(OCc2ccccc2)c(OCc2ccccc2)c1. The second-order valence-electron chi connectivity index (χ2n) is 9.73. The van der Waals surface area contributed by atoms with Gasteiger partial charge in [-0.3, -0.25) is 4.79 Å². The average molecular weight is 617 g/mol. The third kappa shape index (κ3) is 7.14. The minimum atomic E-state index is -1.27. The molecule has 1 aliphatic heterocycles. The van der Waals surface area contributed by atoms with Crippen molar-refractivity contribution in [3.05, 3.63) is 131 Å². The van der Waals surface area contributed by atoms with Crippen molar-refractivity contribution in [2.45, 2.75) is 36.6 Å². The fourth-order valence-electron chi connectivity index (χ4n) is 4.62. The Kier molecular flexibility index (Phi) is 9.33. The summed E-state index contributed by atoms with van der Waals surface area (Å²) in [5, 5.41) is 11.2. The van der Waals surface area contributed by atoms with Crippen LogP contribution in [0.2, 0.25) is 0 Å². The number of hydrogen-bond acceptors (Lipinski definition) is 6. The van der Waals surface area contributed by atoms with Gasteiger partial charge in [0.2, 0.25) is 5.91 Å². The molecule has 1 fully saturated rings. The Morgan fingerprint density at radius 2 is 1.37 bits per heavy atom. The first-order chi connectivity index (χ1) is 20.0. The zero-order valence-electron chi connectivity index (χ0n) is 22.3. The normalized spacial score (nSPS) is 16.1. The van der Waals surface area contributed by atoms with Crippen LogP contribution in [0.4, 0.5) is 4.79 Å². The Balaban J connectivity index is 1.33. The van der Waals surface area contributed by atoms with Gasteiger partial charge < -0.3 is 19.3 Å². The second-order valence-corrected chi connectivity index (χ2v) is 10.7. The first kappa shape index (κ1) is 28.4. The van der Waals surface area contributed by atoms with Crippen LogP contribution in [-0.4, -0.2) is 39.5 Å². The third-order valence-corrected chi connectivity index (χ3v) is 7.70. The van der Waals surface area contributed by atoms with Gasteiger partial charge in [-0.1, -0.05) is 113 Å². The van der Waals surface area contributed by atoms with E-state index in [1.54, 1.807) is 18.2 Å². The minimum absolute atomic E-state index is 0.0974. The number of nitrogens with zero attached hydrogens (tertiary/aromatic N) is 1. The molecule has 0 radical (unpaired) electrons. The second kappa shape index (κ2) is 13.5. The van der Waals surface area contributed by atoms with Crippen molar-refractivity contribution in [2.75, 3.05) is 6.61 Å². The Hall–Kier alpha value is -4.14. The molecule has 4 aromatic carbocycles. The lowest BCUT2D eigenvalue weighted by Crippen LogP contribution is -2.45. The van der Waals surface area contributed by atoms with Crippen molar-refractivity contribution in [1.29, 1.82) is 0 Å². The molecule has 0 aromatic heterocycles. The Morgan fingerprint density at radius 3 is 1.95 bits per heavy atom. The first-order valence-electron chi connectivity index (χ1n) is 13.3. The maximum absolute atomic E-state index is 13.5. The van der Waals surface area contributed by atoms with Crippen molar-refractivity contribution in [3.63, 3.8) is 0 Å². The number of amides is 2. The number of ether oxygens (including phenoxy) is 3. The molecule has 0 aliphatic carbocycles. The van der Waals surface area contributed by atoms with E-state index in [2.05, 4.69) is 15.9 Å². The van der Waals surface area contributed by atoms with Crippen molar-refractivity contribution in [2.24, 2.45) is 0 Å². The smallest absolute Gasteiger partial charge is 0.417 e. The number of halogens is 1. The molecule has 0 spiro atoms. The molecule has 1 aliphatic rings. The molecule has 4 aromatic rings. The first-order valence-corrected chi connectivity index (χ1v) is 14.2. The number of aliphatic hydroxyl groups is 1. The molecule has 8 heteroatoms. The van der Waals surface area contributed by atoms with Crippen LogP contribution in [-0.2, 0) is 29.2 Å². The lowest BCUT2D eigenvalue weighted by molar-refractivity contribution is -0.130. The lowest BCUT2D eigenvalue weighted by atomic mass is 10.0. The Morgan fingerprint density at radius 1 is 0.829 bits per heavy atom. The van der Waals surface area contributed by atoms with E-state index in [-0.39, 0.29) is 6.61 Å². The van der Waals surface area contributed by atoms with Crippen LogP contribution in [0.1, 0.15) is 28.4 Å². The average Bonchev–Trinajstić information content (AvgIpc) is 3.38. The van der Waals surface area contributed by atoms with Crippen LogP contribution >= 0.6 is 15.9 Å². The van der Waals surface area contributed by atoms with Gasteiger partial charge in [-0.05, 0) is 40.8 Å². The van der Waals surface area contributed by atoms with Crippen molar-refractivity contribution in [1.82, 2.24) is 4.90 Å². The number of aliphatic hydroxyl groups excluding tert-OH is 1. The Bertz CT molecular complexity index is 1450. The van der Waals surface area contributed by atoms with Crippen LogP contribution < -0.4 is 9.47 Å². The lowest BCUT2D eigenvalue weighted by Gasteiger charge is -2.25. The highest BCUT2D eigenvalue weighted by Crippen LogP contribution is 2.35. The summed E-state index contributed by atoms with van der Waals surface area (Å²) in [6.07, 6.45) is -1.53. The molecule has 0 unspecified atom stereocenters. The van der Waals surface area contributed by atoms with Gasteiger partial charge in [0.15, 0.2) is 11.5 Å². The molecule has 41 heavy (non-hydrogen) atoms. The number of imide groups is 1. The van der Waals surface area contributed by atoms with Crippen molar-refractivity contribution >= 4 is 27.9 Å². The number of rotatable bonds is 11. The van der Waals surface area contributed by atoms with E-state index >= 15 is 0 Å². The van der Waals surface area contributed by atoms with Crippen LogP contribution in [0.15, 0.2) is 109 Å². The molecule has 210 valence electrons. The molecule has 7 nitrogen and oxygen atoms in total. The summed E-state index contributed by atoms with van der Waals surface area (Å²) < 4.78 is 17.4. The van der Waals surface area contributed by atoms with Crippen molar-refractivity contribution in [3.8, 4) is 11.5 Å². The number of benzene rings is 4. The largest absolute Gasteiger partial charge is 0.485 e. The summed E-state index contributed by atoms with van der Waals surface area (Å²) in [7, 11) is 0. The summed E-state index contributed by atoms with van der Waals surface area (Å²) in [6, 6.07) is 33.7. The summed E-state index contributed by atoms with van der Waals surface area (Å²) in [5.74, 6) is 0.359. The van der Waals surface area contributed by atoms with Crippen LogP contribution in [0.25, 0.3) is 0 Å². The van der Waals surface area contributed by atoms with Crippen LogP contribution in [0.3, 0.4) is 0 Å². The molecule has 3 atom stereocenters. The molecule has 1 N–H and O–H groups in total. The van der Waals surface area contributed by atoms with Gasteiger partial charge >= 0.3 is 6.09 Å². The monoisotopic (exact) mass is 615 g/mol. The molecular formula is C33H30BrNO6. The van der Waals surface area contributed by atoms with Crippen LogP contribution in [0.5, 0.6) is 11.5 Å². The number of cyclic esters (lactones) is 1. The zero-order chi connectivity index (χ0) is 28.6. The van der Waals surface area contributed by atoms with E-state index in [4.69, 9.17) is 14.2 Å². The molecule has 0 saturated carbocycles. The molecule has 5 rings (SSSR count). The van der Waals surface area contributed by atoms with E-state index in [1.165, 1.54) is 0 Å². The fraction of sp³-hybridized carbons (Fsp3) is 0.212. The molecule has 2 amide bonds. The van der Waals surface area contributed by atoms with Gasteiger partial charge in [0.25, 0.3) is 0 Å². The summed E-state index contributed by atoms with van der Waals surface area (Å²) in [4.78, 5) is 26.0. The molecule has 0 bridgehead atoms. The number of carbonyl (C=O) groups is 2. The summed E-state index contributed by atoms with van der Waals surface area (Å²) >= 11 is 3.35. The number of hydrogen-bond donors (Lipinski definition) is 1. The van der Waals surface area contributed by atoms with Gasteiger partial charge in [-0.2, -0.15) is 0 Å². The fourth-order valence-corrected chi connectivity index (χ4v) is 5.14. The predicted octanol–water partition coefficient (Wildman–Crippen LogP) is 6.23. The van der Waals surface area contributed by atoms with Crippen molar-refractivity contribution < 1.29 is 28.9 Å². The highest BCUT2D eigenvalue weighted by molar-refractivity contribution is 9.10. The van der Waals surface area contributed by atoms with Crippen LogP contribution in [0, 0.1) is 0 Å².